The van der Waals surface area contributed by atoms with Crippen LogP contribution in [0.1, 0.15) is 106 Å². The molecule has 14 heteroatoms. The first-order valence-electron chi connectivity index (χ1n) is 20.6. The van der Waals surface area contributed by atoms with Crippen LogP contribution >= 0.6 is 0 Å². The van der Waals surface area contributed by atoms with Gasteiger partial charge in [-0.2, -0.15) is 0 Å². The van der Waals surface area contributed by atoms with Gasteiger partial charge in [-0.15, -0.1) is 0 Å². The van der Waals surface area contributed by atoms with Gasteiger partial charge in [0.25, 0.3) is 0 Å². The Kier molecular flexibility index (Phi) is 9.55. The van der Waals surface area contributed by atoms with Crippen LogP contribution in [0.2, 0.25) is 0 Å². The normalized spacial score (nSPS) is 25.7. The molecular formula is C44H52N8O6. The summed E-state index contributed by atoms with van der Waals surface area (Å²) in [5, 5.41) is 5.23. The van der Waals surface area contributed by atoms with Gasteiger partial charge in [0, 0.05) is 18.7 Å². The average Bonchev–Trinajstić information content (AvgIpc) is 4.07. The van der Waals surface area contributed by atoms with Gasteiger partial charge < -0.3 is 39.9 Å². The number of ether oxygens (including phenoxy) is 2. The van der Waals surface area contributed by atoms with Gasteiger partial charge in [0.2, 0.25) is 11.8 Å². The van der Waals surface area contributed by atoms with Crippen LogP contribution in [-0.2, 0) is 19.1 Å². The molecule has 0 bridgehead atoms. The minimum absolute atomic E-state index is 0.102. The summed E-state index contributed by atoms with van der Waals surface area (Å²) in [6.45, 7) is 7.38. The molecule has 2 aromatic heterocycles. The fourth-order valence-electron chi connectivity index (χ4n) is 11.0. The number of nitrogens with zero attached hydrogens (tertiary/aromatic N) is 4. The molecule has 4 heterocycles. The predicted octanol–water partition coefficient (Wildman–Crippen LogP) is 6.81. The molecule has 3 aliphatic carbocycles. The van der Waals surface area contributed by atoms with Crippen LogP contribution < -0.4 is 10.6 Å². The first kappa shape index (κ1) is 37.9. The fourth-order valence-corrected chi connectivity index (χ4v) is 11.0. The van der Waals surface area contributed by atoms with E-state index in [1.165, 1.54) is 54.9 Å². The highest BCUT2D eigenvalue weighted by Gasteiger charge is 2.67. The summed E-state index contributed by atoms with van der Waals surface area (Å²) >= 11 is 0. The summed E-state index contributed by atoms with van der Waals surface area (Å²) in [5.74, 6) is 2.84. The number of imidazole rings is 2. The third kappa shape index (κ3) is 6.22. The second kappa shape index (κ2) is 14.6. The molecule has 0 spiro atoms. The van der Waals surface area contributed by atoms with E-state index in [4.69, 9.17) is 14.7 Å². The van der Waals surface area contributed by atoms with Crippen LogP contribution in [-0.4, -0.2) is 93.6 Å². The lowest BCUT2D eigenvalue weighted by molar-refractivity contribution is -0.135. The zero-order valence-corrected chi connectivity index (χ0v) is 33.8. The lowest BCUT2D eigenvalue weighted by atomic mass is 9.41. The van der Waals surface area contributed by atoms with Crippen LogP contribution in [0.15, 0.2) is 48.8 Å². The van der Waals surface area contributed by atoms with Crippen molar-refractivity contribution in [3.05, 3.63) is 71.6 Å². The number of hydrogen-bond acceptors (Lipinski definition) is 8. The number of methoxy groups -OCH3 is 2. The van der Waals surface area contributed by atoms with E-state index in [0.717, 1.165) is 54.3 Å². The quantitative estimate of drug-likeness (QED) is 0.136. The Bertz CT molecular complexity index is 2260. The third-order valence-corrected chi connectivity index (χ3v) is 13.8. The molecule has 2 aliphatic heterocycles. The van der Waals surface area contributed by atoms with Gasteiger partial charge in [-0.3, -0.25) is 9.59 Å². The van der Waals surface area contributed by atoms with Gasteiger partial charge in [0.15, 0.2) is 0 Å². The van der Waals surface area contributed by atoms with Crippen molar-refractivity contribution in [1.29, 1.82) is 0 Å². The van der Waals surface area contributed by atoms with E-state index in [-0.39, 0.29) is 36.4 Å². The summed E-state index contributed by atoms with van der Waals surface area (Å²) in [4.78, 5) is 70.7. The monoisotopic (exact) mass is 788 g/mol. The summed E-state index contributed by atoms with van der Waals surface area (Å²) in [6, 6.07) is 12.2. The van der Waals surface area contributed by atoms with Crippen molar-refractivity contribution in [3.63, 3.8) is 0 Å². The van der Waals surface area contributed by atoms with Gasteiger partial charge in [-0.25, -0.2) is 19.6 Å². The van der Waals surface area contributed by atoms with Crippen LogP contribution in [0.3, 0.4) is 0 Å². The molecule has 2 saturated carbocycles. The number of H-pyrrole nitrogens is 2. The number of alkyl carbamates (subject to hydrolysis) is 2. The van der Waals surface area contributed by atoms with Crippen molar-refractivity contribution in [1.82, 2.24) is 40.4 Å². The van der Waals surface area contributed by atoms with E-state index >= 15 is 0 Å². The number of amides is 4. The summed E-state index contributed by atoms with van der Waals surface area (Å²) in [6.07, 6.45) is 8.25. The molecule has 2 saturated heterocycles. The van der Waals surface area contributed by atoms with Crippen molar-refractivity contribution in [2.45, 2.75) is 89.3 Å². The maximum absolute atomic E-state index is 13.7. The molecule has 2 aromatic carbocycles. The highest BCUT2D eigenvalue weighted by atomic mass is 16.5. The molecule has 5 aliphatic rings. The maximum Gasteiger partial charge on any atom is 0.407 e. The molecule has 4 amide bonds. The van der Waals surface area contributed by atoms with Gasteiger partial charge in [-0.05, 0) is 95.4 Å². The van der Waals surface area contributed by atoms with Crippen molar-refractivity contribution in [2.24, 2.45) is 17.3 Å². The molecule has 304 valence electrons. The molecule has 4 N–H and O–H groups in total. The SMILES string of the molecule is COC(=O)NCC(=O)N1CCCC1c1ncc(-c2ccc(-c3ccc(-c4cnc(C5CCCN5C(=O)C(NC(=O)OC)C(C)C)[nH]4)cc3)c3c2C2CC4(C)CC3C24)[nH]1. The lowest BCUT2D eigenvalue weighted by Crippen LogP contribution is -2.53. The number of rotatable bonds is 10. The number of aromatic amines is 2. The Labute approximate surface area is 337 Å². The van der Waals surface area contributed by atoms with E-state index in [2.05, 4.69) is 68.7 Å². The van der Waals surface area contributed by atoms with Gasteiger partial charge in [0.05, 0.1) is 50.1 Å². The van der Waals surface area contributed by atoms with Crippen LogP contribution in [0.25, 0.3) is 33.6 Å². The van der Waals surface area contributed by atoms with Crippen molar-refractivity contribution in [2.75, 3.05) is 33.9 Å². The second-order valence-corrected chi connectivity index (χ2v) is 17.4. The highest BCUT2D eigenvalue weighted by Crippen LogP contribution is 2.79. The third-order valence-electron chi connectivity index (χ3n) is 13.8. The molecule has 58 heavy (non-hydrogen) atoms. The first-order valence-corrected chi connectivity index (χ1v) is 20.6. The number of hydrogen-bond donors (Lipinski definition) is 4. The molecule has 4 aromatic rings. The van der Waals surface area contributed by atoms with E-state index in [1.54, 1.807) is 4.90 Å². The largest absolute Gasteiger partial charge is 0.453 e. The number of carbonyl (C=O) groups is 4. The smallest absolute Gasteiger partial charge is 0.407 e. The number of likely N-dealkylation sites (tertiary alicyclic amines) is 2. The first-order chi connectivity index (χ1) is 28.0. The van der Waals surface area contributed by atoms with Gasteiger partial charge in [-0.1, -0.05) is 57.2 Å². The van der Waals surface area contributed by atoms with Crippen molar-refractivity contribution < 1.29 is 28.7 Å². The predicted molar refractivity (Wildman–Crippen MR) is 215 cm³/mol. The zero-order valence-electron chi connectivity index (χ0n) is 33.8. The average molecular weight is 789 g/mol. The maximum atomic E-state index is 13.7. The van der Waals surface area contributed by atoms with E-state index in [0.29, 0.717) is 36.3 Å². The molecule has 7 atom stereocenters. The molecule has 4 fully saturated rings. The van der Waals surface area contributed by atoms with Gasteiger partial charge in [0.1, 0.15) is 24.2 Å². The Morgan fingerprint density at radius 1 is 0.793 bits per heavy atom. The van der Waals surface area contributed by atoms with Crippen LogP contribution in [0.4, 0.5) is 9.59 Å². The fraction of sp³-hybridized carbons (Fsp3) is 0.500. The van der Waals surface area contributed by atoms with Crippen molar-refractivity contribution >= 4 is 24.0 Å². The highest BCUT2D eigenvalue weighted by molar-refractivity contribution is 5.87. The van der Waals surface area contributed by atoms with Crippen LogP contribution in [0.5, 0.6) is 0 Å². The van der Waals surface area contributed by atoms with Crippen LogP contribution in [0, 0.1) is 17.3 Å². The Hall–Kier alpha value is -5.66. The molecule has 14 nitrogen and oxygen atoms in total. The number of benzene rings is 2. The number of nitrogens with one attached hydrogen (secondary N) is 4. The summed E-state index contributed by atoms with van der Waals surface area (Å²) in [5.41, 5.74) is 9.85. The minimum atomic E-state index is -0.685. The minimum Gasteiger partial charge on any atom is -0.453 e. The Morgan fingerprint density at radius 3 is 2.00 bits per heavy atom. The summed E-state index contributed by atoms with van der Waals surface area (Å²) in [7, 11) is 2.58. The molecule has 9 rings (SSSR count). The molecular weight excluding hydrogens is 737 g/mol. The lowest BCUT2D eigenvalue weighted by Gasteiger charge is -2.62. The van der Waals surface area contributed by atoms with Crippen molar-refractivity contribution in [3.8, 4) is 33.6 Å². The molecule has 0 radical (unpaired) electrons. The van der Waals surface area contributed by atoms with Gasteiger partial charge >= 0.3 is 12.2 Å². The van der Waals surface area contributed by atoms with E-state index in [9.17, 15) is 19.2 Å². The number of aromatic nitrogens is 4. The number of fused-ring (bicyclic) bond motifs is 3. The Morgan fingerprint density at radius 2 is 1.36 bits per heavy atom. The standard InChI is InChI=1S/C44H52N8O6/c1-23(2)38(50-43(56)58-5)41(54)52-17-7-9-33(52)40-45-20-30(48-40)25-12-10-24(11-13-25)26-14-15-27(36-29-19-44(3)18-28(35(26)36)37(29)44)31-21-46-39(49-31)32-8-6-16-51(32)34(53)22-47-42(55)57-4/h10-15,20-21,23,28-29,32-33,37-38H,6-9,16-19,22H2,1-5H3,(H,45,48)(H,46,49)(H,47,55)(H,50,56). The Balaban J connectivity index is 0.957. The van der Waals surface area contributed by atoms with E-state index in [1.807, 2.05) is 31.1 Å². The van der Waals surface area contributed by atoms with E-state index < -0.39 is 18.2 Å². The topological polar surface area (TPSA) is 175 Å². The molecule has 7 unspecified atom stereocenters. The second-order valence-electron chi connectivity index (χ2n) is 17.4. The zero-order chi connectivity index (χ0) is 40.5. The summed E-state index contributed by atoms with van der Waals surface area (Å²) < 4.78 is 9.43. The number of carbonyl (C=O) groups excluding carboxylic acids is 4.